The van der Waals surface area contributed by atoms with E-state index in [0.717, 1.165) is 12.8 Å². The van der Waals surface area contributed by atoms with Gasteiger partial charge in [0.05, 0.1) is 0 Å². The normalized spacial score (nSPS) is 9.76. The Morgan fingerprint density at radius 3 is 2.06 bits per heavy atom. The Morgan fingerprint density at radius 2 is 1.53 bits per heavy atom. The van der Waals surface area contributed by atoms with Crippen LogP contribution >= 0.6 is 0 Å². The van der Waals surface area contributed by atoms with Gasteiger partial charge in [-0.3, -0.25) is 4.79 Å². The van der Waals surface area contributed by atoms with Gasteiger partial charge in [0.2, 0.25) is 0 Å². The van der Waals surface area contributed by atoms with Crippen molar-refractivity contribution in [3.8, 4) is 0 Å². The van der Waals surface area contributed by atoms with Crippen LogP contribution in [0.25, 0.3) is 0 Å². The number of aliphatic imine (C=N–C) groups is 1. The van der Waals surface area contributed by atoms with Gasteiger partial charge in [0.1, 0.15) is 0 Å². The van der Waals surface area contributed by atoms with E-state index in [2.05, 4.69) is 17.8 Å². The van der Waals surface area contributed by atoms with Gasteiger partial charge in [-0.15, -0.1) is 0 Å². The van der Waals surface area contributed by atoms with Crippen molar-refractivity contribution >= 4 is 11.8 Å². The summed E-state index contributed by atoms with van der Waals surface area (Å²) < 4.78 is 0. The molecule has 1 amide bonds. The van der Waals surface area contributed by atoms with Gasteiger partial charge in [-0.05, 0) is 25.3 Å². The number of hydrogen-bond donors (Lipinski definition) is 0. The van der Waals surface area contributed by atoms with Gasteiger partial charge < -0.3 is 0 Å². The maximum absolute atomic E-state index is 11.2. The van der Waals surface area contributed by atoms with Gasteiger partial charge in [-0.2, -0.15) is 4.99 Å². The quantitative estimate of drug-likeness (QED) is 0.400. The fourth-order valence-electron chi connectivity index (χ4n) is 1.78. The van der Waals surface area contributed by atoms with Crippen LogP contribution in [-0.2, 0) is 4.79 Å². The number of hydrogen-bond acceptors (Lipinski definition) is 1. The Hall–Kier alpha value is -0.880. The lowest BCUT2D eigenvalue weighted by Crippen LogP contribution is -1.92. The van der Waals surface area contributed by atoms with E-state index >= 15 is 0 Å². The third-order valence-electron chi connectivity index (χ3n) is 2.81. The first-order valence-corrected chi connectivity index (χ1v) is 7.08. The molecule has 0 rings (SSSR count). The van der Waals surface area contributed by atoms with E-state index < -0.39 is 0 Å². The Bertz CT molecular complexity index is 239. The molecule has 0 N–H and O–H groups in total. The zero-order chi connectivity index (χ0) is 12.8. The third-order valence-corrected chi connectivity index (χ3v) is 2.81. The van der Waals surface area contributed by atoms with E-state index in [1.807, 2.05) is 6.92 Å². The molecule has 98 valence electrons. The van der Waals surface area contributed by atoms with Crippen molar-refractivity contribution in [3.63, 3.8) is 0 Å². The molecule has 0 aromatic carbocycles. The van der Waals surface area contributed by atoms with Crippen molar-refractivity contribution in [2.24, 2.45) is 4.99 Å². The number of allylic oxidation sites excluding steroid dienone is 1. The number of nitrogens with zero attached hydrogens (tertiary/aromatic N) is 1. The minimum Gasteiger partial charge on any atom is -0.272 e. The molecule has 0 aliphatic heterocycles. The second-order valence-corrected chi connectivity index (χ2v) is 4.50. The van der Waals surface area contributed by atoms with E-state index in [1.165, 1.54) is 44.9 Å². The monoisotopic (exact) mass is 237 g/mol. The minimum absolute atomic E-state index is 0.0361. The number of rotatable bonds is 10. The lowest BCUT2D eigenvalue weighted by atomic mass is 10.1. The highest BCUT2D eigenvalue weighted by molar-refractivity contribution is 5.83. The lowest BCUT2D eigenvalue weighted by Gasteiger charge is -2.00. The zero-order valence-corrected chi connectivity index (χ0v) is 11.5. The van der Waals surface area contributed by atoms with Crippen LogP contribution in [0, 0.1) is 0 Å². The van der Waals surface area contributed by atoms with Crippen LogP contribution in [0.3, 0.4) is 0 Å². The predicted octanol–water partition coefficient (Wildman–Crippen LogP) is 4.68. The fourth-order valence-corrected chi connectivity index (χ4v) is 1.78. The van der Waals surface area contributed by atoms with Gasteiger partial charge in [0.25, 0.3) is 5.91 Å². The Labute approximate surface area is 106 Å². The van der Waals surface area contributed by atoms with E-state index in [4.69, 9.17) is 0 Å². The molecule has 0 bridgehead atoms. The van der Waals surface area contributed by atoms with Crippen molar-refractivity contribution in [3.05, 3.63) is 6.08 Å². The number of carbonyl (C=O) groups is 1. The van der Waals surface area contributed by atoms with Crippen LogP contribution < -0.4 is 0 Å². The molecule has 0 aliphatic rings. The summed E-state index contributed by atoms with van der Waals surface area (Å²) in [7, 11) is 0. The van der Waals surface area contributed by atoms with E-state index in [-0.39, 0.29) is 5.91 Å². The average molecular weight is 237 g/mol. The van der Waals surface area contributed by atoms with Crippen LogP contribution in [0.5, 0.6) is 0 Å². The molecule has 0 fully saturated rings. The summed E-state index contributed by atoms with van der Waals surface area (Å²) in [5.74, 6) is 2.54. The fraction of sp³-hybridized carbons (Fsp3) is 0.800. The molecule has 17 heavy (non-hydrogen) atoms. The Morgan fingerprint density at radius 1 is 1.00 bits per heavy atom. The number of amides is 1. The van der Waals surface area contributed by atoms with Crippen molar-refractivity contribution in [2.45, 2.75) is 78.1 Å². The first-order chi connectivity index (χ1) is 8.31. The highest BCUT2D eigenvalue weighted by Gasteiger charge is 1.97. The van der Waals surface area contributed by atoms with Crippen LogP contribution in [0.15, 0.2) is 11.1 Å². The molecule has 0 saturated heterocycles. The lowest BCUT2D eigenvalue weighted by molar-refractivity contribution is -0.117. The van der Waals surface area contributed by atoms with Gasteiger partial charge >= 0.3 is 0 Å². The minimum atomic E-state index is -0.0361. The molecular weight excluding hydrogens is 210 g/mol. The summed E-state index contributed by atoms with van der Waals surface area (Å²) in [6.45, 7) is 4.06. The second kappa shape index (κ2) is 13.2. The SMILES string of the molecule is CC=C=NC(=O)CCCCCCCCCCC. The topological polar surface area (TPSA) is 29.4 Å². The van der Waals surface area contributed by atoms with Crippen LogP contribution in [0.4, 0.5) is 0 Å². The van der Waals surface area contributed by atoms with Crippen molar-refractivity contribution < 1.29 is 4.79 Å². The highest BCUT2D eigenvalue weighted by Crippen LogP contribution is 2.10. The van der Waals surface area contributed by atoms with Crippen molar-refractivity contribution in [2.75, 3.05) is 0 Å². The van der Waals surface area contributed by atoms with Crippen LogP contribution in [0.2, 0.25) is 0 Å². The Balaban J connectivity index is 3.18. The molecule has 0 aromatic rings. The first-order valence-electron chi connectivity index (χ1n) is 7.08. The molecule has 0 radical (unpaired) electrons. The molecule has 0 aromatic heterocycles. The molecule has 2 heteroatoms. The second-order valence-electron chi connectivity index (χ2n) is 4.50. The molecule has 0 aliphatic carbocycles. The van der Waals surface area contributed by atoms with Crippen molar-refractivity contribution in [1.82, 2.24) is 0 Å². The summed E-state index contributed by atoms with van der Waals surface area (Å²) in [6.07, 6.45) is 13.7. The first kappa shape index (κ1) is 16.1. The van der Waals surface area contributed by atoms with Crippen molar-refractivity contribution in [1.29, 1.82) is 0 Å². The summed E-state index contributed by atoms with van der Waals surface area (Å²) in [4.78, 5) is 14.8. The predicted molar refractivity (Wildman–Crippen MR) is 74.5 cm³/mol. The Kier molecular flexibility index (Phi) is 12.5. The van der Waals surface area contributed by atoms with Crippen LogP contribution in [0.1, 0.15) is 78.1 Å². The number of unbranched alkanes of at least 4 members (excludes halogenated alkanes) is 8. The van der Waals surface area contributed by atoms with Gasteiger partial charge in [0.15, 0.2) is 0 Å². The highest BCUT2D eigenvalue weighted by atomic mass is 16.1. The van der Waals surface area contributed by atoms with E-state index in [1.54, 1.807) is 6.08 Å². The number of carbonyl (C=O) groups excluding carboxylic acids is 1. The van der Waals surface area contributed by atoms with Gasteiger partial charge in [-0.25, -0.2) is 0 Å². The summed E-state index contributed by atoms with van der Waals surface area (Å²) in [5, 5.41) is 0. The summed E-state index contributed by atoms with van der Waals surface area (Å²) in [6, 6.07) is 0. The van der Waals surface area contributed by atoms with E-state index in [9.17, 15) is 4.79 Å². The zero-order valence-electron chi connectivity index (χ0n) is 11.5. The molecule has 0 atom stereocenters. The maximum atomic E-state index is 11.2. The molecule has 0 spiro atoms. The smallest absolute Gasteiger partial charge is 0.253 e. The largest absolute Gasteiger partial charge is 0.272 e. The summed E-state index contributed by atoms with van der Waals surface area (Å²) >= 11 is 0. The molecule has 0 heterocycles. The van der Waals surface area contributed by atoms with Gasteiger partial charge in [0, 0.05) is 6.42 Å². The third kappa shape index (κ3) is 13.1. The average Bonchev–Trinajstić information content (AvgIpc) is 2.34. The maximum Gasteiger partial charge on any atom is 0.253 e. The van der Waals surface area contributed by atoms with Crippen LogP contribution in [-0.4, -0.2) is 11.8 Å². The van der Waals surface area contributed by atoms with Gasteiger partial charge in [-0.1, -0.05) is 58.3 Å². The standard InChI is InChI=1S/C15H27NO/c1-3-5-6-7-8-9-10-11-12-13-15(17)16-14-4-2/h4H,3,5-13H2,1-2H3. The molecule has 2 nitrogen and oxygen atoms in total. The molecular formula is C15H27NO. The summed E-state index contributed by atoms with van der Waals surface area (Å²) in [5.41, 5.74) is 0. The van der Waals surface area contributed by atoms with E-state index in [0.29, 0.717) is 6.42 Å². The molecule has 0 unspecified atom stereocenters. The molecule has 0 saturated carbocycles.